The van der Waals surface area contributed by atoms with E-state index in [2.05, 4.69) is 15.1 Å². The third-order valence-electron chi connectivity index (χ3n) is 6.96. The highest BCUT2D eigenvalue weighted by Crippen LogP contribution is 2.31. The van der Waals surface area contributed by atoms with Gasteiger partial charge in [0.1, 0.15) is 12.3 Å². The lowest BCUT2D eigenvalue weighted by molar-refractivity contribution is -0.136. The Balaban J connectivity index is 1.30. The van der Waals surface area contributed by atoms with E-state index in [0.29, 0.717) is 17.5 Å². The summed E-state index contributed by atoms with van der Waals surface area (Å²) in [4.78, 5) is 65.6. The Kier molecular flexibility index (Phi) is 7.72. The molecule has 182 valence electrons. The van der Waals surface area contributed by atoms with E-state index in [0.717, 1.165) is 68.9 Å². The molecule has 4 rings (SSSR count). The van der Waals surface area contributed by atoms with Crippen molar-refractivity contribution in [1.82, 2.24) is 15.1 Å². The Labute approximate surface area is 199 Å². The summed E-state index contributed by atoms with van der Waals surface area (Å²) >= 11 is 0. The number of imide groups is 2. The van der Waals surface area contributed by atoms with Gasteiger partial charge in [-0.3, -0.25) is 34.3 Å². The van der Waals surface area contributed by atoms with Crippen molar-refractivity contribution in [2.24, 2.45) is 0 Å². The molecule has 1 unspecified atom stereocenters. The quantitative estimate of drug-likeness (QED) is 0.317. The lowest BCUT2D eigenvalue weighted by atomic mass is 10.0. The fourth-order valence-electron chi connectivity index (χ4n) is 4.98. The number of hydrogen-bond acceptors (Lipinski definition) is 7. The highest BCUT2D eigenvalue weighted by Gasteiger charge is 2.44. The summed E-state index contributed by atoms with van der Waals surface area (Å²) in [5.74, 6) is -1.92. The second-order valence-electron chi connectivity index (χ2n) is 9.23. The van der Waals surface area contributed by atoms with E-state index < -0.39 is 23.8 Å². The van der Waals surface area contributed by atoms with Gasteiger partial charge in [0.25, 0.3) is 11.8 Å². The normalized spacial score (nSPS) is 21.1. The first kappa shape index (κ1) is 24.1. The Morgan fingerprint density at radius 2 is 1.59 bits per heavy atom. The number of benzene rings is 1. The van der Waals surface area contributed by atoms with E-state index in [9.17, 15) is 24.0 Å². The molecule has 34 heavy (non-hydrogen) atoms. The van der Waals surface area contributed by atoms with Crippen LogP contribution in [0.25, 0.3) is 0 Å². The monoisotopic (exact) mass is 468 g/mol. The predicted molar refractivity (Wildman–Crippen MR) is 126 cm³/mol. The maximum absolute atomic E-state index is 13.0. The molecule has 0 radical (unpaired) electrons. The molecule has 0 spiro atoms. The lowest BCUT2D eigenvalue weighted by Crippen LogP contribution is -2.54. The van der Waals surface area contributed by atoms with Crippen LogP contribution in [0.4, 0.5) is 5.69 Å². The van der Waals surface area contributed by atoms with Gasteiger partial charge in [0.2, 0.25) is 11.8 Å². The number of anilines is 1. The third-order valence-corrected chi connectivity index (χ3v) is 6.96. The number of amides is 4. The molecule has 3 heterocycles. The molecule has 0 bridgehead atoms. The maximum atomic E-state index is 13.0. The van der Waals surface area contributed by atoms with Gasteiger partial charge in [-0.05, 0) is 44.0 Å². The number of aldehydes is 1. The van der Waals surface area contributed by atoms with Crippen molar-refractivity contribution in [2.45, 2.75) is 57.4 Å². The van der Waals surface area contributed by atoms with Crippen LogP contribution in [0, 0.1) is 0 Å². The van der Waals surface area contributed by atoms with Crippen LogP contribution in [0.15, 0.2) is 18.2 Å². The first-order chi connectivity index (χ1) is 16.5. The summed E-state index contributed by atoms with van der Waals surface area (Å²) in [6.07, 6.45) is 7.54. The number of carbonyl (C=O) groups excluding carboxylic acids is 5. The molecular weight excluding hydrogens is 436 g/mol. The van der Waals surface area contributed by atoms with Crippen LogP contribution in [0.2, 0.25) is 0 Å². The highest BCUT2D eigenvalue weighted by atomic mass is 16.2. The zero-order chi connectivity index (χ0) is 24.1. The SMILES string of the molecule is O=CCCCCCCCN1CCN(c2ccc3c(c2)C(=O)N(C2CCC(=O)NC2=O)C3=O)CC1. The molecule has 3 aliphatic rings. The van der Waals surface area contributed by atoms with Gasteiger partial charge in [-0.2, -0.15) is 0 Å². The maximum Gasteiger partial charge on any atom is 0.262 e. The molecule has 9 nitrogen and oxygen atoms in total. The topological polar surface area (TPSA) is 107 Å². The van der Waals surface area contributed by atoms with E-state index >= 15 is 0 Å². The van der Waals surface area contributed by atoms with E-state index in [1.54, 1.807) is 12.1 Å². The minimum absolute atomic E-state index is 0.111. The molecule has 0 saturated carbocycles. The molecule has 1 aromatic rings. The Bertz CT molecular complexity index is 970. The number of unbranched alkanes of at least 4 members (excludes halogenated alkanes) is 5. The van der Waals surface area contributed by atoms with Crippen LogP contribution in [0.5, 0.6) is 0 Å². The number of piperidine rings is 1. The number of nitrogens with zero attached hydrogens (tertiary/aromatic N) is 3. The van der Waals surface area contributed by atoms with E-state index in [1.165, 1.54) is 12.8 Å². The fraction of sp³-hybridized carbons (Fsp3) is 0.560. The third kappa shape index (κ3) is 5.19. The minimum Gasteiger partial charge on any atom is -0.369 e. The largest absolute Gasteiger partial charge is 0.369 e. The standard InChI is InChI=1S/C25H32N4O5/c30-16-6-4-2-1-3-5-11-27-12-14-28(15-13-27)18-7-8-19-20(17-18)25(34)29(24(19)33)21-9-10-22(31)26-23(21)32/h7-8,16-17,21H,1-6,9-15H2,(H,26,31,32). The van der Waals surface area contributed by atoms with Gasteiger partial charge in [0.05, 0.1) is 11.1 Å². The first-order valence-corrected chi connectivity index (χ1v) is 12.3. The molecule has 0 aliphatic carbocycles. The molecule has 2 fully saturated rings. The molecule has 9 heteroatoms. The summed E-state index contributed by atoms with van der Waals surface area (Å²) in [7, 11) is 0. The van der Waals surface area contributed by atoms with Crippen molar-refractivity contribution in [3.05, 3.63) is 29.3 Å². The van der Waals surface area contributed by atoms with Crippen molar-refractivity contribution in [1.29, 1.82) is 0 Å². The van der Waals surface area contributed by atoms with Crippen LogP contribution in [0.3, 0.4) is 0 Å². The second-order valence-corrected chi connectivity index (χ2v) is 9.23. The zero-order valence-electron chi connectivity index (χ0n) is 19.5. The number of nitrogens with one attached hydrogen (secondary N) is 1. The molecule has 1 N–H and O–H groups in total. The molecule has 1 aromatic carbocycles. The van der Waals surface area contributed by atoms with E-state index in [-0.39, 0.29) is 18.7 Å². The van der Waals surface area contributed by atoms with Gasteiger partial charge >= 0.3 is 0 Å². The molecule has 4 amide bonds. The Hall–Kier alpha value is -3.07. The number of hydrogen-bond donors (Lipinski definition) is 1. The number of fused-ring (bicyclic) bond motifs is 1. The summed E-state index contributed by atoms with van der Waals surface area (Å²) in [6, 6.07) is 4.36. The summed E-state index contributed by atoms with van der Waals surface area (Å²) in [5, 5.41) is 2.22. The zero-order valence-corrected chi connectivity index (χ0v) is 19.5. The summed E-state index contributed by atoms with van der Waals surface area (Å²) < 4.78 is 0. The molecule has 2 saturated heterocycles. The molecule has 0 aromatic heterocycles. The molecule has 1 atom stereocenters. The second kappa shape index (κ2) is 10.9. The smallest absolute Gasteiger partial charge is 0.262 e. The van der Waals surface area contributed by atoms with Gasteiger partial charge < -0.3 is 9.69 Å². The van der Waals surface area contributed by atoms with Crippen LogP contribution in [0.1, 0.15) is 72.1 Å². The van der Waals surface area contributed by atoms with Gasteiger partial charge in [0.15, 0.2) is 0 Å². The number of piperazine rings is 1. The molecular formula is C25H32N4O5. The Morgan fingerprint density at radius 1 is 0.882 bits per heavy atom. The van der Waals surface area contributed by atoms with Crippen molar-refractivity contribution >= 4 is 35.6 Å². The predicted octanol–water partition coefficient (Wildman–Crippen LogP) is 1.75. The van der Waals surface area contributed by atoms with Gasteiger partial charge in [-0.1, -0.05) is 19.3 Å². The lowest BCUT2D eigenvalue weighted by Gasteiger charge is -2.36. The van der Waals surface area contributed by atoms with Gasteiger partial charge in [-0.25, -0.2) is 0 Å². The summed E-state index contributed by atoms with van der Waals surface area (Å²) in [5.41, 5.74) is 1.54. The van der Waals surface area contributed by atoms with Gasteiger partial charge in [-0.15, -0.1) is 0 Å². The van der Waals surface area contributed by atoms with E-state index in [1.807, 2.05) is 6.07 Å². The highest BCUT2D eigenvalue weighted by molar-refractivity contribution is 6.23. The van der Waals surface area contributed by atoms with E-state index in [4.69, 9.17) is 0 Å². The van der Waals surface area contributed by atoms with Crippen LogP contribution < -0.4 is 10.2 Å². The van der Waals surface area contributed by atoms with Crippen LogP contribution in [-0.2, 0) is 14.4 Å². The average molecular weight is 469 g/mol. The minimum atomic E-state index is -0.942. The number of rotatable bonds is 10. The van der Waals surface area contributed by atoms with Crippen molar-refractivity contribution in [2.75, 3.05) is 37.6 Å². The van der Waals surface area contributed by atoms with Crippen LogP contribution >= 0.6 is 0 Å². The first-order valence-electron chi connectivity index (χ1n) is 12.3. The number of carbonyl (C=O) groups is 5. The van der Waals surface area contributed by atoms with Crippen molar-refractivity contribution < 1.29 is 24.0 Å². The average Bonchev–Trinajstić information content (AvgIpc) is 3.08. The fourth-order valence-corrected chi connectivity index (χ4v) is 4.98. The Morgan fingerprint density at radius 3 is 2.32 bits per heavy atom. The molecule has 3 aliphatic heterocycles. The van der Waals surface area contributed by atoms with Crippen molar-refractivity contribution in [3.63, 3.8) is 0 Å². The summed E-state index contributed by atoms with van der Waals surface area (Å²) in [6.45, 7) is 4.64. The van der Waals surface area contributed by atoms with Gasteiger partial charge in [0, 0.05) is 44.7 Å². The van der Waals surface area contributed by atoms with Crippen molar-refractivity contribution in [3.8, 4) is 0 Å². The van der Waals surface area contributed by atoms with Crippen LogP contribution in [-0.4, -0.2) is 78.5 Å².